The molecule has 32 heavy (non-hydrogen) atoms. The number of anilines is 1. The van der Waals surface area contributed by atoms with Gasteiger partial charge in [0.1, 0.15) is 17.8 Å². The zero-order valence-corrected chi connectivity index (χ0v) is 19.0. The van der Waals surface area contributed by atoms with Crippen molar-refractivity contribution >= 4 is 23.5 Å². The third-order valence-corrected chi connectivity index (χ3v) is 5.31. The van der Waals surface area contributed by atoms with Crippen LogP contribution in [0.3, 0.4) is 0 Å². The highest BCUT2D eigenvalue weighted by atomic mass is 16.5. The van der Waals surface area contributed by atoms with E-state index in [-0.39, 0.29) is 6.04 Å². The molecule has 3 aromatic rings. The van der Waals surface area contributed by atoms with Crippen molar-refractivity contribution < 1.29 is 9.53 Å². The lowest BCUT2D eigenvalue weighted by Gasteiger charge is -2.24. The smallest absolute Gasteiger partial charge is 0.150 e. The summed E-state index contributed by atoms with van der Waals surface area (Å²) in [6.07, 6.45) is 3.81. The van der Waals surface area contributed by atoms with Gasteiger partial charge in [-0.15, -0.1) is 0 Å². The number of nitrogens with one attached hydrogen (secondary N) is 1. The Morgan fingerprint density at radius 3 is 2.16 bits per heavy atom. The molecule has 0 aromatic heterocycles. The minimum atomic E-state index is 0.143. The van der Waals surface area contributed by atoms with Crippen molar-refractivity contribution in [3.63, 3.8) is 0 Å². The van der Waals surface area contributed by atoms with Crippen molar-refractivity contribution in [1.82, 2.24) is 0 Å². The number of aldehydes is 1. The molecule has 0 heterocycles. The quantitative estimate of drug-likeness (QED) is 0.267. The van der Waals surface area contributed by atoms with Gasteiger partial charge in [-0.05, 0) is 48.2 Å². The van der Waals surface area contributed by atoms with Gasteiger partial charge < -0.3 is 10.1 Å². The average molecular weight is 426 g/mol. The monoisotopic (exact) mass is 425 g/mol. The maximum Gasteiger partial charge on any atom is 0.150 e. The van der Waals surface area contributed by atoms with E-state index in [1.165, 1.54) is 5.56 Å². The highest BCUT2D eigenvalue weighted by molar-refractivity contribution is 5.75. The topological polar surface area (TPSA) is 38.3 Å². The second-order valence-corrected chi connectivity index (χ2v) is 8.10. The summed E-state index contributed by atoms with van der Waals surface area (Å²) in [7, 11) is 0. The second kappa shape index (κ2) is 11.1. The molecule has 164 valence electrons. The molecule has 1 atom stereocenters. The molecule has 0 spiro atoms. The van der Waals surface area contributed by atoms with Crippen LogP contribution in [0, 0.1) is 5.92 Å². The molecule has 0 bridgehead atoms. The number of carbonyl (C=O) groups is 1. The molecule has 0 aliphatic carbocycles. The number of rotatable bonds is 10. The van der Waals surface area contributed by atoms with Gasteiger partial charge in [0, 0.05) is 22.4 Å². The predicted molar refractivity (Wildman–Crippen MR) is 134 cm³/mol. The molecule has 0 saturated heterocycles. The standard InChI is InChI=1S/C29H31NO2/c1-5-9-28(32-22(4)24-10-7-6-8-11-24)25-14-16-26(17-15-25)29(21(2)3)30-27-18-12-23(20-31)13-19-27/h6-21,29-30H,4-5H2,1-3H3/b28-9+. The lowest BCUT2D eigenvalue weighted by Crippen LogP contribution is -2.16. The first-order valence-corrected chi connectivity index (χ1v) is 11.1. The first-order valence-electron chi connectivity index (χ1n) is 11.1. The Hall–Kier alpha value is -3.59. The van der Waals surface area contributed by atoms with E-state index in [1.54, 1.807) is 0 Å². The van der Waals surface area contributed by atoms with Crippen molar-refractivity contribution in [1.29, 1.82) is 0 Å². The number of hydrogen-bond donors (Lipinski definition) is 1. The van der Waals surface area contributed by atoms with Crippen molar-refractivity contribution in [2.24, 2.45) is 5.92 Å². The molecule has 0 amide bonds. The number of allylic oxidation sites excluding steroid dienone is 1. The highest BCUT2D eigenvalue weighted by Gasteiger charge is 2.16. The molecule has 3 nitrogen and oxygen atoms in total. The van der Waals surface area contributed by atoms with E-state index in [1.807, 2.05) is 54.6 Å². The van der Waals surface area contributed by atoms with Crippen molar-refractivity contribution in [3.05, 3.63) is 114 Å². The fourth-order valence-electron chi connectivity index (χ4n) is 3.55. The third-order valence-electron chi connectivity index (χ3n) is 5.31. The number of hydrogen-bond acceptors (Lipinski definition) is 3. The molecule has 0 aliphatic rings. The van der Waals surface area contributed by atoms with Crippen LogP contribution in [-0.2, 0) is 4.74 Å². The fourth-order valence-corrected chi connectivity index (χ4v) is 3.55. The summed E-state index contributed by atoms with van der Waals surface area (Å²) < 4.78 is 6.15. The molecule has 0 radical (unpaired) electrons. The minimum Gasteiger partial charge on any atom is -0.457 e. The minimum absolute atomic E-state index is 0.143. The lowest BCUT2D eigenvalue weighted by atomic mass is 9.94. The molecular formula is C29H31NO2. The van der Waals surface area contributed by atoms with Gasteiger partial charge in [0.25, 0.3) is 0 Å². The molecule has 3 rings (SSSR count). The zero-order valence-electron chi connectivity index (χ0n) is 19.0. The zero-order chi connectivity index (χ0) is 22.9. The molecule has 1 unspecified atom stereocenters. The van der Waals surface area contributed by atoms with E-state index >= 15 is 0 Å². The van der Waals surface area contributed by atoms with Crippen LogP contribution in [0.5, 0.6) is 0 Å². The van der Waals surface area contributed by atoms with E-state index in [0.29, 0.717) is 17.2 Å². The van der Waals surface area contributed by atoms with Gasteiger partial charge in [0.15, 0.2) is 0 Å². The Morgan fingerprint density at radius 1 is 0.938 bits per heavy atom. The van der Waals surface area contributed by atoms with Gasteiger partial charge in [-0.1, -0.05) is 81.9 Å². The van der Waals surface area contributed by atoms with Crippen LogP contribution < -0.4 is 5.32 Å². The summed E-state index contributed by atoms with van der Waals surface area (Å²) in [6, 6.07) is 26.1. The Kier molecular flexibility index (Phi) is 8.04. The maximum atomic E-state index is 10.9. The van der Waals surface area contributed by atoms with Crippen molar-refractivity contribution in [3.8, 4) is 0 Å². The van der Waals surface area contributed by atoms with Crippen LogP contribution in [0.25, 0.3) is 11.5 Å². The Bertz CT molecular complexity index is 1050. The summed E-state index contributed by atoms with van der Waals surface area (Å²) in [5.74, 6) is 1.83. The van der Waals surface area contributed by atoms with E-state index in [2.05, 4.69) is 63.0 Å². The van der Waals surface area contributed by atoms with Gasteiger partial charge >= 0.3 is 0 Å². The summed E-state index contributed by atoms with van der Waals surface area (Å²) in [5, 5.41) is 3.60. The van der Waals surface area contributed by atoms with E-state index in [4.69, 9.17) is 4.74 Å². The van der Waals surface area contributed by atoms with Gasteiger partial charge in [-0.2, -0.15) is 0 Å². The summed E-state index contributed by atoms with van der Waals surface area (Å²) in [4.78, 5) is 10.9. The molecular weight excluding hydrogens is 394 g/mol. The van der Waals surface area contributed by atoms with Gasteiger partial charge in [-0.25, -0.2) is 0 Å². The SMILES string of the molecule is C=C(O/C(=C/CC)c1ccc(C(Nc2ccc(C=O)cc2)C(C)C)cc1)c1ccccc1. The van der Waals surface area contributed by atoms with Crippen LogP contribution in [-0.4, -0.2) is 6.29 Å². The van der Waals surface area contributed by atoms with Crippen molar-refractivity contribution in [2.75, 3.05) is 5.32 Å². The number of carbonyl (C=O) groups excluding carboxylic acids is 1. The van der Waals surface area contributed by atoms with E-state index in [0.717, 1.165) is 35.3 Å². The number of ether oxygens (including phenoxy) is 1. The maximum absolute atomic E-state index is 10.9. The van der Waals surface area contributed by atoms with E-state index < -0.39 is 0 Å². The fraction of sp³-hybridized carbons (Fsp3) is 0.207. The predicted octanol–water partition coefficient (Wildman–Crippen LogP) is 7.75. The second-order valence-electron chi connectivity index (χ2n) is 8.10. The molecule has 0 fully saturated rings. The van der Waals surface area contributed by atoms with Crippen LogP contribution in [0.4, 0.5) is 5.69 Å². The third kappa shape index (κ3) is 5.98. The van der Waals surface area contributed by atoms with Crippen LogP contribution >= 0.6 is 0 Å². The molecule has 0 aliphatic heterocycles. The van der Waals surface area contributed by atoms with Gasteiger partial charge in [-0.3, -0.25) is 4.79 Å². The Morgan fingerprint density at radius 2 is 1.59 bits per heavy atom. The summed E-state index contributed by atoms with van der Waals surface area (Å²) in [6.45, 7) is 10.6. The van der Waals surface area contributed by atoms with Crippen LogP contribution in [0.15, 0.2) is 91.5 Å². The van der Waals surface area contributed by atoms with Gasteiger partial charge in [0.2, 0.25) is 0 Å². The first kappa shape index (κ1) is 23.1. The highest BCUT2D eigenvalue weighted by Crippen LogP contribution is 2.30. The summed E-state index contributed by atoms with van der Waals surface area (Å²) >= 11 is 0. The Labute approximate surface area is 191 Å². The van der Waals surface area contributed by atoms with Crippen LogP contribution in [0.1, 0.15) is 60.3 Å². The first-order chi connectivity index (χ1) is 15.5. The Balaban J connectivity index is 1.78. The average Bonchev–Trinajstić information content (AvgIpc) is 2.83. The molecule has 3 heteroatoms. The molecule has 1 N–H and O–H groups in total. The largest absolute Gasteiger partial charge is 0.457 e. The summed E-state index contributed by atoms with van der Waals surface area (Å²) in [5.41, 5.74) is 4.85. The van der Waals surface area contributed by atoms with Crippen molar-refractivity contribution in [2.45, 2.75) is 33.2 Å². The molecule has 0 saturated carbocycles. The van der Waals surface area contributed by atoms with Gasteiger partial charge in [0.05, 0.1) is 6.04 Å². The lowest BCUT2D eigenvalue weighted by molar-refractivity contribution is 0.112. The van der Waals surface area contributed by atoms with E-state index in [9.17, 15) is 4.79 Å². The molecule has 3 aromatic carbocycles. The normalized spacial score (nSPS) is 12.3. The van der Waals surface area contributed by atoms with Crippen LogP contribution in [0.2, 0.25) is 0 Å². The number of benzene rings is 3.